The largest absolute Gasteiger partial charge is 0.478 e. The molecule has 0 bridgehead atoms. The number of hydrogen-bond donors (Lipinski definition) is 1. The number of nitrogens with zero attached hydrogens (tertiary/aromatic N) is 2. The zero-order chi connectivity index (χ0) is 14.1. The fourth-order valence-corrected chi connectivity index (χ4v) is 2.71. The topological polar surface area (TPSA) is 76.2 Å². The van der Waals surface area contributed by atoms with Crippen molar-refractivity contribution >= 4 is 28.8 Å². The summed E-state index contributed by atoms with van der Waals surface area (Å²) in [5.74, 6) is -1.02. The zero-order valence-corrected chi connectivity index (χ0v) is 11.3. The third-order valence-electron chi connectivity index (χ3n) is 2.70. The second kappa shape index (κ2) is 4.97. The van der Waals surface area contributed by atoms with Crippen LogP contribution in [-0.4, -0.2) is 21.0 Å². The molecule has 3 rings (SSSR count). The van der Waals surface area contributed by atoms with Crippen molar-refractivity contribution in [2.24, 2.45) is 0 Å². The van der Waals surface area contributed by atoms with Crippen LogP contribution in [-0.2, 0) is 0 Å². The van der Waals surface area contributed by atoms with Gasteiger partial charge in [0.15, 0.2) is 5.58 Å². The Morgan fingerprint density at radius 1 is 1.35 bits per heavy atom. The number of aryl methyl sites for hydroxylation is 1. The fraction of sp³-hybridized carbons (Fsp3) is 0.0714. The van der Waals surface area contributed by atoms with Gasteiger partial charge in [-0.3, -0.25) is 4.98 Å². The van der Waals surface area contributed by atoms with Gasteiger partial charge in [0.1, 0.15) is 5.52 Å². The third kappa shape index (κ3) is 2.37. The van der Waals surface area contributed by atoms with Gasteiger partial charge in [0.2, 0.25) is 0 Å². The predicted molar refractivity (Wildman–Crippen MR) is 74.1 cm³/mol. The van der Waals surface area contributed by atoms with E-state index in [1.165, 1.54) is 18.0 Å². The summed E-state index contributed by atoms with van der Waals surface area (Å²) in [6.07, 6.45) is 1.35. The number of aromatic nitrogens is 2. The molecule has 0 fully saturated rings. The Balaban J connectivity index is 2.01. The lowest BCUT2D eigenvalue weighted by Gasteiger charge is -2.03. The van der Waals surface area contributed by atoms with Gasteiger partial charge in [-0.05, 0) is 36.9 Å². The molecule has 0 aliphatic carbocycles. The van der Waals surface area contributed by atoms with Crippen LogP contribution in [0.3, 0.4) is 0 Å². The maximum atomic E-state index is 11.2. The van der Waals surface area contributed by atoms with E-state index >= 15 is 0 Å². The number of carbonyl (C=O) groups is 1. The quantitative estimate of drug-likeness (QED) is 0.795. The van der Waals surface area contributed by atoms with E-state index in [4.69, 9.17) is 4.42 Å². The van der Waals surface area contributed by atoms with Crippen LogP contribution >= 0.6 is 11.8 Å². The van der Waals surface area contributed by atoms with Crippen molar-refractivity contribution in [3.8, 4) is 0 Å². The number of hydrogen-bond acceptors (Lipinski definition) is 5. The lowest BCUT2D eigenvalue weighted by atomic mass is 10.2. The molecule has 0 saturated heterocycles. The standard InChI is InChI=1S/C14H10N2O3S/c1-8-6-12(9(7-15-8)13(17)18)20-14-16-10-4-2-3-5-11(10)19-14/h2-7H,1H3,(H,17,18). The molecule has 2 heterocycles. The van der Waals surface area contributed by atoms with Crippen molar-refractivity contribution in [2.45, 2.75) is 17.0 Å². The van der Waals surface area contributed by atoms with E-state index in [9.17, 15) is 9.90 Å². The highest BCUT2D eigenvalue weighted by Crippen LogP contribution is 2.32. The third-order valence-corrected chi connectivity index (χ3v) is 3.61. The van der Waals surface area contributed by atoms with Gasteiger partial charge < -0.3 is 9.52 Å². The highest BCUT2D eigenvalue weighted by atomic mass is 32.2. The van der Waals surface area contributed by atoms with Gasteiger partial charge in [0.05, 0.1) is 5.56 Å². The van der Waals surface area contributed by atoms with Crippen LogP contribution in [0.1, 0.15) is 16.1 Å². The first-order valence-corrected chi connectivity index (χ1v) is 6.68. The fourth-order valence-electron chi connectivity index (χ4n) is 1.77. The van der Waals surface area contributed by atoms with Crippen LogP contribution in [0.15, 0.2) is 51.1 Å². The molecule has 0 saturated carbocycles. The average Bonchev–Trinajstić information content (AvgIpc) is 2.80. The number of rotatable bonds is 3. The first kappa shape index (κ1) is 12.7. The molecular weight excluding hydrogens is 276 g/mol. The SMILES string of the molecule is Cc1cc(Sc2nc3ccccc3o2)c(C(=O)O)cn1. The van der Waals surface area contributed by atoms with Gasteiger partial charge in [-0.1, -0.05) is 12.1 Å². The Hall–Kier alpha value is -2.34. The van der Waals surface area contributed by atoms with Crippen LogP contribution in [0.2, 0.25) is 0 Å². The van der Waals surface area contributed by atoms with E-state index in [-0.39, 0.29) is 5.56 Å². The van der Waals surface area contributed by atoms with Crippen molar-refractivity contribution in [1.29, 1.82) is 0 Å². The average molecular weight is 286 g/mol. The molecule has 0 aliphatic rings. The normalized spacial score (nSPS) is 10.8. The summed E-state index contributed by atoms with van der Waals surface area (Å²) >= 11 is 1.18. The number of para-hydroxylation sites is 2. The first-order chi connectivity index (χ1) is 9.63. The van der Waals surface area contributed by atoms with E-state index in [2.05, 4.69) is 9.97 Å². The van der Waals surface area contributed by atoms with Gasteiger partial charge in [0, 0.05) is 16.8 Å². The predicted octanol–water partition coefficient (Wildman–Crippen LogP) is 3.38. The molecule has 6 heteroatoms. The maximum absolute atomic E-state index is 11.2. The molecule has 5 nitrogen and oxygen atoms in total. The van der Waals surface area contributed by atoms with Gasteiger partial charge in [-0.2, -0.15) is 0 Å². The Bertz CT molecular complexity index is 765. The molecule has 0 radical (unpaired) electrons. The molecular formula is C14H10N2O3S. The minimum Gasteiger partial charge on any atom is -0.478 e. The molecule has 1 N–H and O–H groups in total. The van der Waals surface area contributed by atoms with Crippen molar-refractivity contribution in [3.05, 3.63) is 47.8 Å². The molecule has 3 aromatic rings. The molecule has 100 valence electrons. The van der Waals surface area contributed by atoms with Gasteiger partial charge >= 0.3 is 5.97 Å². The van der Waals surface area contributed by atoms with E-state index in [1.807, 2.05) is 31.2 Å². The molecule has 0 aliphatic heterocycles. The monoisotopic (exact) mass is 286 g/mol. The van der Waals surface area contributed by atoms with Gasteiger partial charge in [-0.15, -0.1) is 0 Å². The highest BCUT2D eigenvalue weighted by Gasteiger charge is 2.15. The van der Waals surface area contributed by atoms with Crippen LogP contribution < -0.4 is 0 Å². The summed E-state index contributed by atoms with van der Waals surface area (Å²) in [5, 5.41) is 9.59. The van der Waals surface area contributed by atoms with E-state index in [1.54, 1.807) is 6.07 Å². The number of carboxylic acid groups (broad SMARTS) is 1. The minimum atomic E-state index is -1.02. The molecule has 0 unspecified atom stereocenters. The van der Waals surface area contributed by atoms with Crippen molar-refractivity contribution < 1.29 is 14.3 Å². The second-order valence-electron chi connectivity index (χ2n) is 4.18. The van der Waals surface area contributed by atoms with E-state index < -0.39 is 5.97 Å². The summed E-state index contributed by atoms with van der Waals surface area (Å²) in [6.45, 7) is 1.81. The molecule has 0 spiro atoms. The highest BCUT2D eigenvalue weighted by molar-refractivity contribution is 7.99. The Morgan fingerprint density at radius 3 is 2.90 bits per heavy atom. The molecule has 20 heavy (non-hydrogen) atoms. The summed E-state index contributed by atoms with van der Waals surface area (Å²) in [5.41, 5.74) is 2.31. The molecule has 2 aromatic heterocycles. The maximum Gasteiger partial charge on any atom is 0.338 e. The number of carboxylic acids is 1. The Kier molecular flexibility index (Phi) is 3.15. The van der Waals surface area contributed by atoms with Crippen molar-refractivity contribution in [3.63, 3.8) is 0 Å². The number of fused-ring (bicyclic) bond motifs is 1. The van der Waals surface area contributed by atoms with Crippen LogP contribution in [0.4, 0.5) is 0 Å². The smallest absolute Gasteiger partial charge is 0.338 e. The second-order valence-corrected chi connectivity index (χ2v) is 5.17. The molecule has 0 amide bonds. The van der Waals surface area contributed by atoms with E-state index in [0.29, 0.717) is 15.7 Å². The molecule has 0 atom stereocenters. The van der Waals surface area contributed by atoms with Crippen LogP contribution in [0.5, 0.6) is 0 Å². The number of benzene rings is 1. The summed E-state index contributed by atoms with van der Waals surface area (Å²) < 4.78 is 5.59. The first-order valence-electron chi connectivity index (χ1n) is 5.87. The lowest BCUT2D eigenvalue weighted by Crippen LogP contribution is -2.00. The minimum absolute atomic E-state index is 0.142. The number of oxazole rings is 1. The van der Waals surface area contributed by atoms with Crippen LogP contribution in [0, 0.1) is 6.92 Å². The van der Waals surface area contributed by atoms with Crippen molar-refractivity contribution in [1.82, 2.24) is 9.97 Å². The van der Waals surface area contributed by atoms with Crippen molar-refractivity contribution in [2.75, 3.05) is 0 Å². The summed E-state index contributed by atoms with van der Waals surface area (Å²) in [6, 6.07) is 9.11. The number of pyridine rings is 1. The van der Waals surface area contributed by atoms with Gasteiger partial charge in [0.25, 0.3) is 5.22 Å². The number of aromatic carboxylic acids is 1. The van der Waals surface area contributed by atoms with E-state index in [0.717, 1.165) is 11.2 Å². The Morgan fingerprint density at radius 2 is 2.15 bits per heavy atom. The summed E-state index contributed by atoms with van der Waals surface area (Å²) in [7, 11) is 0. The zero-order valence-electron chi connectivity index (χ0n) is 10.5. The molecule has 1 aromatic carbocycles. The van der Waals surface area contributed by atoms with Crippen LogP contribution in [0.25, 0.3) is 11.1 Å². The van der Waals surface area contributed by atoms with Gasteiger partial charge in [-0.25, -0.2) is 9.78 Å². The summed E-state index contributed by atoms with van der Waals surface area (Å²) in [4.78, 5) is 20.1. The Labute approximate surface area is 118 Å². The lowest BCUT2D eigenvalue weighted by molar-refractivity contribution is 0.0692.